The lowest BCUT2D eigenvalue weighted by Gasteiger charge is -2.30. The Morgan fingerprint density at radius 1 is 1.38 bits per heavy atom. The fourth-order valence-electron chi connectivity index (χ4n) is 1.63. The van der Waals surface area contributed by atoms with Gasteiger partial charge in [0, 0.05) is 5.54 Å². The highest BCUT2D eigenvalue weighted by atomic mass is 16.1. The Hall–Kier alpha value is -1.35. The van der Waals surface area contributed by atoms with Gasteiger partial charge in [-0.1, -0.05) is 36.8 Å². The molecule has 1 aromatic carbocycles. The van der Waals surface area contributed by atoms with Crippen LogP contribution in [0.1, 0.15) is 31.4 Å². The zero-order valence-electron chi connectivity index (χ0n) is 10.2. The molecule has 3 N–H and O–H groups in total. The number of carbonyl (C=O) groups is 1. The second kappa shape index (κ2) is 5.12. The van der Waals surface area contributed by atoms with Crippen LogP contribution >= 0.6 is 0 Å². The van der Waals surface area contributed by atoms with Gasteiger partial charge in [-0.2, -0.15) is 0 Å². The lowest BCUT2D eigenvalue weighted by molar-refractivity contribution is -0.117. The summed E-state index contributed by atoms with van der Waals surface area (Å²) < 4.78 is 0. The molecule has 0 saturated heterocycles. The number of nitrogens with two attached hydrogens (primary N) is 1. The first-order chi connectivity index (χ1) is 7.48. The number of hydrogen-bond acceptors (Lipinski definition) is 2. The maximum atomic E-state index is 10.8. The van der Waals surface area contributed by atoms with E-state index in [2.05, 4.69) is 50.4 Å². The van der Waals surface area contributed by atoms with Crippen molar-refractivity contribution >= 4 is 5.91 Å². The van der Waals surface area contributed by atoms with Crippen LogP contribution in [0.25, 0.3) is 0 Å². The Balaban J connectivity index is 2.86. The predicted molar refractivity (Wildman–Crippen MR) is 66.0 cm³/mol. The summed E-state index contributed by atoms with van der Waals surface area (Å²) in [4.78, 5) is 10.8. The summed E-state index contributed by atoms with van der Waals surface area (Å²) in [5, 5.41) is 3.21. The number of primary amides is 1. The van der Waals surface area contributed by atoms with Crippen molar-refractivity contribution in [3.8, 4) is 0 Å². The van der Waals surface area contributed by atoms with Crippen LogP contribution in [-0.4, -0.2) is 12.5 Å². The molecular formula is C13H20N2O. The van der Waals surface area contributed by atoms with Gasteiger partial charge in [0.2, 0.25) is 5.91 Å². The third kappa shape index (κ3) is 3.07. The quantitative estimate of drug-likeness (QED) is 0.793. The molecule has 16 heavy (non-hydrogen) atoms. The molecule has 0 aliphatic rings. The first-order valence-electron chi connectivity index (χ1n) is 5.58. The van der Waals surface area contributed by atoms with Crippen LogP contribution in [0.2, 0.25) is 0 Å². The molecule has 0 aliphatic carbocycles. The second-order valence-electron chi connectivity index (χ2n) is 4.37. The van der Waals surface area contributed by atoms with Crippen molar-refractivity contribution in [2.24, 2.45) is 5.73 Å². The number of rotatable bonds is 5. The van der Waals surface area contributed by atoms with E-state index in [0.29, 0.717) is 0 Å². The highest BCUT2D eigenvalue weighted by Gasteiger charge is 2.23. The van der Waals surface area contributed by atoms with E-state index in [1.807, 2.05) is 0 Å². The summed E-state index contributed by atoms with van der Waals surface area (Å²) in [7, 11) is 0. The molecule has 3 heteroatoms. The highest BCUT2D eigenvalue weighted by Crippen LogP contribution is 2.24. The van der Waals surface area contributed by atoms with Crippen LogP contribution in [0.4, 0.5) is 0 Å². The molecule has 1 unspecified atom stereocenters. The van der Waals surface area contributed by atoms with Gasteiger partial charge in [-0.15, -0.1) is 0 Å². The molecule has 0 bridgehead atoms. The Labute approximate surface area is 97.0 Å². The van der Waals surface area contributed by atoms with Gasteiger partial charge in [0.15, 0.2) is 0 Å². The van der Waals surface area contributed by atoms with Gasteiger partial charge in [0.25, 0.3) is 0 Å². The summed E-state index contributed by atoms with van der Waals surface area (Å²) in [6.45, 7) is 6.44. The largest absolute Gasteiger partial charge is 0.369 e. The summed E-state index contributed by atoms with van der Waals surface area (Å²) in [6.07, 6.45) is 0.906. The van der Waals surface area contributed by atoms with E-state index < -0.39 is 0 Å². The van der Waals surface area contributed by atoms with E-state index in [1.54, 1.807) is 0 Å². The van der Waals surface area contributed by atoms with E-state index in [0.717, 1.165) is 6.42 Å². The smallest absolute Gasteiger partial charge is 0.231 e. The van der Waals surface area contributed by atoms with Crippen molar-refractivity contribution in [2.45, 2.75) is 32.7 Å². The topological polar surface area (TPSA) is 55.1 Å². The minimum Gasteiger partial charge on any atom is -0.369 e. The van der Waals surface area contributed by atoms with E-state index in [-0.39, 0.29) is 18.0 Å². The van der Waals surface area contributed by atoms with Crippen LogP contribution in [0.5, 0.6) is 0 Å². The van der Waals surface area contributed by atoms with Gasteiger partial charge < -0.3 is 5.73 Å². The van der Waals surface area contributed by atoms with Gasteiger partial charge >= 0.3 is 0 Å². The summed E-state index contributed by atoms with van der Waals surface area (Å²) in [5.74, 6) is -0.327. The molecule has 3 nitrogen and oxygen atoms in total. The van der Waals surface area contributed by atoms with E-state index in [1.165, 1.54) is 11.1 Å². The van der Waals surface area contributed by atoms with Crippen LogP contribution in [0.15, 0.2) is 24.3 Å². The van der Waals surface area contributed by atoms with Gasteiger partial charge in [-0.05, 0) is 25.8 Å². The molecule has 1 aromatic rings. The molecule has 0 heterocycles. The number of nitrogens with one attached hydrogen (secondary N) is 1. The van der Waals surface area contributed by atoms with Crippen molar-refractivity contribution in [1.82, 2.24) is 5.32 Å². The molecular weight excluding hydrogens is 200 g/mol. The van der Waals surface area contributed by atoms with Crippen molar-refractivity contribution in [3.63, 3.8) is 0 Å². The van der Waals surface area contributed by atoms with Gasteiger partial charge in [-0.25, -0.2) is 0 Å². The fraction of sp³-hybridized carbons (Fsp3) is 0.462. The van der Waals surface area contributed by atoms with Crippen LogP contribution in [0, 0.1) is 6.92 Å². The monoisotopic (exact) mass is 220 g/mol. The van der Waals surface area contributed by atoms with E-state index in [4.69, 9.17) is 5.73 Å². The van der Waals surface area contributed by atoms with E-state index >= 15 is 0 Å². The Bertz CT molecular complexity index is 359. The molecule has 1 amide bonds. The SMILES string of the molecule is CCC(C)(NCC(N)=O)c1ccc(C)cc1. The van der Waals surface area contributed by atoms with Crippen molar-refractivity contribution < 1.29 is 4.79 Å². The molecule has 0 aromatic heterocycles. The van der Waals surface area contributed by atoms with Crippen LogP contribution in [-0.2, 0) is 10.3 Å². The number of amides is 1. The minimum absolute atomic E-state index is 0.192. The molecule has 0 spiro atoms. The minimum atomic E-state index is -0.327. The van der Waals surface area contributed by atoms with Gasteiger partial charge in [0.05, 0.1) is 6.54 Å². The number of carbonyl (C=O) groups excluding carboxylic acids is 1. The van der Waals surface area contributed by atoms with Crippen molar-refractivity contribution in [1.29, 1.82) is 0 Å². The fourth-order valence-corrected chi connectivity index (χ4v) is 1.63. The number of hydrogen-bond donors (Lipinski definition) is 2. The third-order valence-electron chi connectivity index (χ3n) is 3.05. The molecule has 0 fully saturated rings. The molecule has 0 radical (unpaired) electrons. The number of benzene rings is 1. The normalized spacial score (nSPS) is 14.4. The first kappa shape index (κ1) is 12.7. The van der Waals surface area contributed by atoms with E-state index in [9.17, 15) is 4.79 Å². The Morgan fingerprint density at radius 3 is 2.38 bits per heavy atom. The lowest BCUT2D eigenvalue weighted by atomic mass is 9.89. The van der Waals surface area contributed by atoms with Crippen molar-refractivity contribution in [2.75, 3.05) is 6.54 Å². The summed E-state index contributed by atoms with van der Waals surface area (Å²) >= 11 is 0. The first-order valence-corrected chi connectivity index (χ1v) is 5.58. The predicted octanol–water partition coefficient (Wildman–Crippen LogP) is 1.70. The standard InChI is InChI=1S/C13H20N2O/c1-4-13(3,15-9-12(14)16)11-7-5-10(2)6-8-11/h5-8,15H,4,9H2,1-3H3,(H2,14,16). The maximum absolute atomic E-state index is 10.8. The van der Waals surface area contributed by atoms with Gasteiger partial charge in [0.1, 0.15) is 0 Å². The Morgan fingerprint density at radius 2 is 1.94 bits per heavy atom. The molecule has 0 aliphatic heterocycles. The van der Waals surface area contributed by atoms with Crippen LogP contribution in [0.3, 0.4) is 0 Å². The van der Waals surface area contributed by atoms with Crippen LogP contribution < -0.4 is 11.1 Å². The average molecular weight is 220 g/mol. The van der Waals surface area contributed by atoms with Gasteiger partial charge in [-0.3, -0.25) is 10.1 Å². The molecule has 0 saturated carbocycles. The molecule has 1 atom stereocenters. The average Bonchev–Trinajstić information content (AvgIpc) is 2.27. The third-order valence-corrected chi connectivity index (χ3v) is 3.05. The molecule has 88 valence electrons. The highest BCUT2D eigenvalue weighted by molar-refractivity contribution is 5.76. The zero-order chi connectivity index (χ0) is 12.2. The summed E-state index contributed by atoms with van der Waals surface area (Å²) in [5.41, 5.74) is 7.38. The Kier molecular flexibility index (Phi) is 4.07. The van der Waals surface area contributed by atoms with Crippen molar-refractivity contribution in [3.05, 3.63) is 35.4 Å². The zero-order valence-corrected chi connectivity index (χ0v) is 10.2. The molecule has 1 rings (SSSR count). The maximum Gasteiger partial charge on any atom is 0.231 e. The summed E-state index contributed by atoms with van der Waals surface area (Å²) in [6, 6.07) is 8.34. The second-order valence-corrected chi connectivity index (χ2v) is 4.37. The lowest BCUT2D eigenvalue weighted by Crippen LogP contribution is -2.43. The number of aryl methyl sites for hydroxylation is 1.